The van der Waals surface area contributed by atoms with Crippen molar-refractivity contribution >= 4 is 28.7 Å². The van der Waals surface area contributed by atoms with E-state index in [9.17, 15) is 24.6 Å². The molecule has 2 heterocycles. The third-order valence-electron chi connectivity index (χ3n) is 8.26. The molecule has 0 bridgehead atoms. The molecule has 1 aliphatic rings. The molecule has 2 N–H and O–H groups in total. The molecule has 0 saturated carbocycles. The third-order valence-corrected chi connectivity index (χ3v) is 8.26. The minimum absolute atomic E-state index is 0.0319. The number of carboxylic acid groups (broad SMARTS) is 1. The molecule has 0 aliphatic carbocycles. The Morgan fingerprint density at radius 3 is 2.32 bits per heavy atom. The van der Waals surface area contributed by atoms with Crippen LogP contribution in [0.3, 0.4) is 0 Å². The van der Waals surface area contributed by atoms with Crippen molar-refractivity contribution < 1.29 is 29.3 Å². The predicted octanol–water partition coefficient (Wildman–Crippen LogP) is 5.91. The van der Waals surface area contributed by atoms with E-state index in [0.29, 0.717) is 43.0 Å². The standard InChI is InChI=1S/C36H40N2O6/c1-35(2,3)44-32(39)15-12-25-8-7-9-27(22-25)26-16-19-37(20-17-26)33(40)29-13-14-31-28(23-29)18-21-38(31)24-36(43,34(41)42)30-10-5-4-6-11-30/h4-11,13-14,18,21-23,26,43H,12,15-17,19-20,24H2,1-3H3,(H,41,42). The molecule has 8 heteroatoms. The van der Waals surface area contributed by atoms with E-state index in [4.69, 9.17) is 4.74 Å². The van der Waals surface area contributed by atoms with Crippen LogP contribution in [0.1, 0.15) is 73.0 Å². The number of carbonyl (C=O) groups excluding carboxylic acids is 2. The SMILES string of the molecule is CC(C)(C)OC(=O)CCc1cccc(C2CCN(C(=O)c3ccc4c(ccn4CC(O)(C(=O)O)c4ccccc4)c3)CC2)c1. The van der Waals surface area contributed by atoms with E-state index >= 15 is 0 Å². The van der Waals surface area contributed by atoms with Gasteiger partial charge in [0.2, 0.25) is 5.60 Å². The molecule has 230 valence electrons. The number of likely N-dealkylation sites (tertiary alicyclic amines) is 1. The molecule has 0 spiro atoms. The normalized spacial score (nSPS) is 15.6. The summed E-state index contributed by atoms with van der Waals surface area (Å²) < 4.78 is 7.14. The first-order chi connectivity index (χ1) is 20.9. The maximum absolute atomic E-state index is 13.5. The Bertz CT molecular complexity index is 1650. The average molecular weight is 597 g/mol. The van der Waals surface area contributed by atoms with E-state index in [0.717, 1.165) is 29.3 Å². The molecule has 3 aromatic carbocycles. The molecule has 1 unspecified atom stereocenters. The van der Waals surface area contributed by atoms with Crippen molar-refractivity contribution in [2.45, 2.75) is 70.1 Å². The summed E-state index contributed by atoms with van der Waals surface area (Å²) in [5, 5.41) is 21.8. The maximum atomic E-state index is 13.5. The van der Waals surface area contributed by atoms with Gasteiger partial charge in [0.05, 0.1) is 6.54 Å². The maximum Gasteiger partial charge on any atom is 0.342 e. The molecule has 1 amide bonds. The number of aromatic nitrogens is 1. The lowest BCUT2D eigenvalue weighted by Crippen LogP contribution is -2.39. The number of piperidine rings is 1. The number of rotatable bonds is 9. The zero-order chi connectivity index (χ0) is 31.5. The van der Waals surface area contributed by atoms with Crippen molar-refractivity contribution in [1.82, 2.24) is 9.47 Å². The molecule has 1 aliphatic heterocycles. The fourth-order valence-electron chi connectivity index (χ4n) is 5.95. The number of carboxylic acids is 1. The van der Waals surface area contributed by atoms with Crippen molar-refractivity contribution in [3.05, 3.63) is 107 Å². The van der Waals surface area contributed by atoms with Crippen LogP contribution in [0.5, 0.6) is 0 Å². The molecule has 1 atom stereocenters. The summed E-state index contributed by atoms with van der Waals surface area (Å²) in [6.07, 6.45) is 4.42. The number of benzene rings is 3. The number of fused-ring (bicyclic) bond motifs is 1. The predicted molar refractivity (Wildman–Crippen MR) is 168 cm³/mol. The highest BCUT2D eigenvalue weighted by Crippen LogP contribution is 2.31. The molecule has 5 rings (SSSR count). The number of aliphatic hydroxyl groups is 1. The molecule has 8 nitrogen and oxygen atoms in total. The zero-order valence-electron chi connectivity index (χ0n) is 25.5. The first kappa shape index (κ1) is 31.0. The van der Waals surface area contributed by atoms with Crippen LogP contribution in [0.15, 0.2) is 85.1 Å². The second kappa shape index (κ2) is 12.7. The molecular formula is C36H40N2O6. The number of carbonyl (C=O) groups is 3. The highest BCUT2D eigenvalue weighted by Gasteiger charge is 2.38. The monoisotopic (exact) mass is 596 g/mol. The minimum Gasteiger partial charge on any atom is -0.479 e. The Kier molecular flexibility index (Phi) is 8.92. The average Bonchev–Trinajstić information content (AvgIpc) is 3.41. The number of ether oxygens (including phenoxy) is 1. The van der Waals surface area contributed by atoms with Crippen molar-refractivity contribution in [2.24, 2.45) is 0 Å². The van der Waals surface area contributed by atoms with Gasteiger partial charge in [-0.05, 0) is 86.9 Å². The van der Waals surface area contributed by atoms with Gasteiger partial charge in [-0.2, -0.15) is 0 Å². The van der Waals surface area contributed by atoms with Gasteiger partial charge >= 0.3 is 11.9 Å². The summed E-state index contributed by atoms with van der Waals surface area (Å²) in [5.41, 5.74) is 1.38. The number of aliphatic carboxylic acids is 1. The molecule has 0 radical (unpaired) electrons. The Balaban J connectivity index is 1.21. The summed E-state index contributed by atoms with van der Waals surface area (Å²) in [6, 6.07) is 24.0. The van der Waals surface area contributed by atoms with Gasteiger partial charge in [-0.15, -0.1) is 0 Å². The first-order valence-corrected chi connectivity index (χ1v) is 15.1. The van der Waals surface area contributed by atoms with Gasteiger partial charge < -0.3 is 24.4 Å². The van der Waals surface area contributed by atoms with Crippen LogP contribution in [-0.4, -0.2) is 56.2 Å². The largest absolute Gasteiger partial charge is 0.479 e. The fourth-order valence-corrected chi connectivity index (χ4v) is 5.95. The van der Waals surface area contributed by atoms with Gasteiger partial charge in [0.25, 0.3) is 5.91 Å². The second-order valence-electron chi connectivity index (χ2n) is 12.6. The number of nitrogens with zero attached hydrogens (tertiary/aromatic N) is 2. The Hall–Kier alpha value is -4.43. The van der Waals surface area contributed by atoms with E-state index in [1.807, 2.05) is 56.0 Å². The van der Waals surface area contributed by atoms with E-state index in [2.05, 4.69) is 12.1 Å². The van der Waals surface area contributed by atoms with Crippen LogP contribution in [0.2, 0.25) is 0 Å². The van der Waals surface area contributed by atoms with Crippen molar-refractivity contribution in [2.75, 3.05) is 13.1 Å². The van der Waals surface area contributed by atoms with Crippen molar-refractivity contribution in [1.29, 1.82) is 0 Å². The van der Waals surface area contributed by atoms with Crippen LogP contribution < -0.4 is 0 Å². The molecule has 1 saturated heterocycles. The third kappa shape index (κ3) is 7.03. The van der Waals surface area contributed by atoms with E-state index in [1.165, 1.54) is 5.56 Å². The number of hydrogen-bond donors (Lipinski definition) is 2. The highest BCUT2D eigenvalue weighted by atomic mass is 16.6. The van der Waals surface area contributed by atoms with Gasteiger partial charge in [-0.3, -0.25) is 9.59 Å². The van der Waals surface area contributed by atoms with Crippen LogP contribution in [0.4, 0.5) is 0 Å². The lowest BCUT2D eigenvalue weighted by Gasteiger charge is -2.32. The minimum atomic E-state index is -2.09. The highest BCUT2D eigenvalue weighted by molar-refractivity contribution is 5.98. The topological polar surface area (TPSA) is 109 Å². The van der Waals surface area contributed by atoms with Crippen LogP contribution in [-0.2, 0) is 32.9 Å². The van der Waals surface area contributed by atoms with Crippen LogP contribution in [0, 0.1) is 0 Å². The molecule has 4 aromatic rings. The molecular weight excluding hydrogens is 556 g/mol. The van der Waals surface area contributed by atoms with Gasteiger partial charge in [0.15, 0.2) is 0 Å². The summed E-state index contributed by atoms with van der Waals surface area (Å²) in [6.45, 7) is 6.74. The lowest BCUT2D eigenvalue weighted by molar-refractivity contribution is -0.161. The van der Waals surface area contributed by atoms with Crippen molar-refractivity contribution in [3.8, 4) is 0 Å². The summed E-state index contributed by atoms with van der Waals surface area (Å²) in [7, 11) is 0. The Morgan fingerprint density at radius 1 is 0.909 bits per heavy atom. The lowest BCUT2D eigenvalue weighted by atomic mass is 9.88. The molecule has 1 fully saturated rings. The van der Waals surface area contributed by atoms with Gasteiger partial charge in [-0.1, -0.05) is 54.6 Å². The Morgan fingerprint density at radius 2 is 1.64 bits per heavy atom. The smallest absolute Gasteiger partial charge is 0.342 e. The number of hydrogen-bond acceptors (Lipinski definition) is 5. The zero-order valence-corrected chi connectivity index (χ0v) is 25.5. The van der Waals surface area contributed by atoms with Gasteiger partial charge in [0.1, 0.15) is 5.60 Å². The summed E-state index contributed by atoms with van der Waals surface area (Å²) >= 11 is 0. The molecule has 44 heavy (non-hydrogen) atoms. The summed E-state index contributed by atoms with van der Waals surface area (Å²) in [5.74, 6) is -1.21. The van der Waals surface area contributed by atoms with Crippen LogP contribution in [0.25, 0.3) is 10.9 Å². The molecule has 1 aromatic heterocycles. The second-order valence-corrected chi connectivity index (χ2v) is 12.6. The number of aryl methyl sites for hydroxylation is 1. The van der Waals surface area contributed by atoms with E-state index in [-0.39, 0.29) is 18.4 Å². The fraction of sp³-hybridized carbons (Fsp3) is 0.361. The summed E-state index contributed by atoms with van der Waals surface area (Å²) in [4.78, 5) is 39.6. The first-order valence-electron chi connectivity index (χ1n) is 15.1. The van der Waals surface area contributed by atoms with E-state index in [1.54, 1.807) is 47.2 Å². The Labute approximate surface area is 257 Å². The van der Waals surface area contributed by atoms with Gasteiger partial charge in [0, 0.05) is 42.2 Å². The van der Waals surface area contributed by atoms with E-state index < -0.39 is 17.2 Å². The number of esters is 1. The van der Waals surface area contributed by atoms with Crippen LogP contribution >= 0.6 is 0 Å². The van der Waals surface area contributed by atoms with Gasteiger partial charge in [-0.25, -0.2) is 4.79 Å². The number of amides is 1. The quantitative estimate of drug-likeness (QED) is 0.233. The van der Waals surface area contributed by atoms with Crippen molar-refractivity contribution in [3.63, 3.8) is 0 Å².